The number of hydrogen-bond acceptors (Lipinski definition) is 5. The van der Waals surface area contributed by atoms with E-state index in [0.29, 0.717) is 31.7 Å². The van der Waals surface area contributed by atoms with Crippen LogP contribution in [-0.2, 0) is 4.79 Å². The molecule has 0 spiro atoms. The third-order valence-corrected chi connectivity index (χ3v) is 5.03. The zero-order valence-electron chi connectivity index (χ0n) is 17.5. The van der Waals surface area contributed by atoms with E-state index in [-0.39, 0.29) is 42.5 Å². The highest BCUT2D eigenvalue weighted by molar-refractivity contribution is 6.00. The van der Waals surface area contributed by atoms with Crippen molar-refractivity contribution in [1.29, 1.82) is 0 Å². The first-order valence-corrected chi connectivity index (χ1v) is 9.89. The number of carbonyl (C=O) groups excluding carboxylic acids is 2. The van der Waals surface area contributed by atoms with Crippen molar-refractivity contribution in [3.63, 3.8) is 0 Å². The summed E-state index contributed by atoms with van der Waals surface area (Å²) >= 11 is 0. The second-order valence-corrected chi connectivity index (χ2v) is 7.07. The molecule has 1 aliphatic rings. The maximum absolute atomic E-state index is 13.2. The lowest BCUT2D eigenvalue weighted by atomic mass is 9.96. The van der Waals surface area contributed by atoms with Crippen LogP contribution in [0.1, 0.15) is 23.2 Å². The van der Waals surface area contributed by atoms with E-state index in [9.17, 15) is 9.59 Å². The number of nitrogens with two attached hydrogens (primary N) is 1. The van der Waals surface area contributed by atoms with Crippen LogP contribution in [0, 0.1) is 5.92 Å². The van der Waals surface area contributed by atoms with Gasteiger partial charge in [-0.3, -0.25) is 9.59 Å². The fraction of sp³-hybridized carbons (Fsp3) is 0.364. The molecule has 7 nitrogen and oxygen atoms in total. The van der Waals surface area contributed by atoms with Gasteiger partial charge in [0.2, 0.25) is 5.91 Å². The third-order valence-electron chi connectivity index (χ3n) is 5.03. The standard InChI is InChI=1S/C22H28N4O3.2ClH/c1-29-18-8-4-7-17(14-18)25-20-10-3-2-9-19(20)22(28)26-13-5-6-16(15-26)21(27)24-12-11-23;;/h2-4,7-10,14,16,25H,5-6,11-13,15,23H2,1H3,(H,24,27);2*1H. The second-order valence-electron chi connectivity index (χ2n) is 7.07. The highest BCUT2D eigenvalue weighted by Crippen LogP contribution is 2.26. The Bertz CT molecular complexity index is 866. The number of rotatable bonds is 7. The van der Waals surface area contributed by atoms with Gasteiger partial charge in [0.15, 0.2) is 0 Å². The Hall–Kier alpha value is -2.48. The maximum atomic E-state index is 13.2. The molecule has 3 rings (SSSR count). The Morgan fingerprint density at radius 2 is 1.94 bits per heavy atom. The van der Waals surface area contributed by atoms with Crippen molar-refractivity contribution in [2.75, 3.05) is 38.6 Å². The molecule has 2 aromatic rings. The summed E-state index contributed by atoms with van der Waals surface area (Å²) in [5, 5.41) is 6.14. The van der Waals surface area contributed by atoms with Gasteiger partial charge >= 0.3 is 0 Å². The Morgan fingerprint density at radius 3 is 2.68 bits per heavy atom. The van der Waals surface area contributed by atoms with E-state index in [1.807, 2.05) is 48.5 Å². The summed E-state index contributed by atoms with van der Waals surface area (Å²) in [4.78, 5) is 27.3. The quantitative estimate of drug-likeness (QED) is 0.579. The van der Waals surface area contributed by atoms with Crippen LogP contribution in [0.5, 0.6) is 5.75 Å². The molecule has 1 unspecified atom stereocenters. The molecule has 4 N–H and O–H groups in total. The predicted molar refractivity (Wildman–Crippen MR) is 128 cm³/mol. The van der Waals surface area contributed by atoms with E-state index in [2.05, 4.69) is 10.6 Å². The summed E-state index contributed by atoms with van der Waals surface area (Å²) in [6.07, 6.45) is 1.59. The number of nitrogens with zero attached hydrogens (tertiary/aromatic N) is 1. The van der Waals surface area contributed by atoms with Gasteiger partial charge in [-0.1, -0.05) is 18.2 Å². The third kappa shape index (κ3) is 7.02. The molecule has 9 heteroatoms. The van der Waals surface area contributed by atoms with Crippen molar-refractivity contribution in [2.45, 2.75) is 12.8 Å². The molecule has 0 radical (unpaired) electrons. The van der Waals surface area contributed by atoms with E-state index in [0.717, 1.165) is 30.0 Å². The van der Waals surface area contributed by atoms with Crippen LogP contribution in [0.25, 0.3) is 0 Å². The SMILES string of the molecule is COc1cccc(Nc2ccccc2C(=O)N2CCCC(C(=O)NCCN)C2)c1.Cl.Cl. The van der Waals surface area contributed by atoms with Gasteiger partial charge in [-0.05, 0) is 37.1 Å². The molecule has 1 heterocycles. The molecule has 0 aliphatic carbocycles. The van der Waals surface area contributed by atoms with Gasteiger partial charge < -0.3 is 26.0 Å². The Kier molecular flexibility index (Phi) is 11.2. The topological polar surface area (TPSA) is 96.7 Å². The van der Waals surface area contributed by atoms with Gasteiger partial charge in [-0.25, -0.2) is 0 Å². The Morgan fingerprint density at radius 1 is 1.16 bits per heavy atom. The number of halogens is 2. The minimum Gasteiger partial charge on any atom is -0.497 e. The molecular formula is C22H30Cl2N4O3. The molecule has 0 bridgehead atoms. The molecule has 170 valence electrons. The molecule has 0 saturated carbocycles. The second kappa shape index (κ2) is 13.0. The van der Waals surface area contributed by atoms with E-state index < -0.39 is 0 Å². The molecule has 1 atom stereocenters. The summed E-state index contributed by atoms with van der Waals surface area (Å²) in [6, 6.07) is 15.0. The van der Waals surface area contributed by atoms with E-state index in [4.69, 9.17) is 10.5 Å². The fourth-order valence-electron chi connectivity index (χ4n) is 3.52. The lowest BCUT2D eigenvalue weighted by molar-refractivity contribution is -0.126. The number of para-hydroxylation sites is 1. The van der Waals surface area contributed by atoms with Crippen molar-refractivity contribution < 1.29 is 14.3 Å². The normalized spacial score (nSPS) is 15.2. The molecule has 1 saturated heterocycles. The zero-order chi connectivity index (χ0) is 20.6. The van der Waals surface area contributed by atoms with Crippen LogP contribution >= 0.6 is 24.8 Å². The summed E-state index contributed by atoms with van der Waals surface area (Å²) in [7, 11) is 1.62. The van der Waals surface area contributed by atoms with Crippen LogP contribution < -0.4 is 21.1 Å². The molecule has 31 heavy (non-hydrogen) atoms. The van der Waals surface area contributed by atoms with Gasteiger partial charge in [-0.15, -0.1) is 24.8 Å². The first-order chi connectivity index (χ1) is 14.1. The number of nitrogens with one attached hydrogen (secondary N) is 2. The van der Waals surface area contributed by atoms with E-state index >= 15 is 0 Å². The van der Waals surface area contributed by atoms with Crippen LogP contribution in [0.3, 0.4) is 0 Å². The number of ether oxygens (including phenoxy) is 1. The summed E-state index contributed by atoms with van der Waals surface area (Å²) in [6.45, 7) is 1.93. The maximum Gasteiger partial charge on any atom is 0.255 e. The largest absolute Gasteiger partial charge is 0.497 e. The number of carbonyl (C=O) groups is 2. The number of hydrogen-bond donors (Lipinski definition) is 3. The number of likely N-dealkylation sites (tertiary alicyclic amines) is 1. The molecule has 2 amide bonds. The van der Waals surface area contributed by atoms with Crippen molar-refractivity contribution in [2.24, 2.45) is 11.7 Å². The fourth-order valence-corrected chi connectivity index (χ4v) is 3.52. The minimum atomic E-state index is -0.197. The van der Waals surface area contributed by atoms with Gasteiger partial charge in [0.25, 0.3) is 5.91 Å². The number of anilines is 2. The van der Waals surface area contributed by atoms with Crippen LogP contribution in [-0.4, -0.2) is 50.0 Å². The van der Waals surface area contributed by atoms with Crippen molar-refractivity contribution in [3.05, 3.63) is 54.1 Å². The van der Waals surface area contributed by atoms with Crippen LogP contribution in [0.2, 0.25) is 0 Å². The van der Waals surface area contributed by atoms with E-state index in [1.54, 1.807) is 12.0 Å². The lowest BCUT2D eigenvalue weighted by Gasteiger charge is -2.32. The average molecular weight is 469 g/mol. The van der Waals surface area contributed by atoms with Crippen LogP contribution in [0.4, 0.5) is 11.4 Å². The Labute approximate surface area is 195 Å². The highest BCUT2D eigenvalue weighted by atomic mass is 35.5. The summed E-state index contributed by atoms with van der Waals surface area (Å²) in [5.74, 6) is 0.432. The molecule has 1 aliphatic heterocycles. The molecule has 2 aromatic carbocycles. The first-order valence-electron chi connectivity index (χ1n) is 9.89. The molecular weight excluding hydrogens is 439 g/mol. The number of benzene rings is 2. The van der Waals surface area contributed by atoms with Gasteiger partial charge in [0, 0.05) is 37.9 Å². The number of methoxy groups -OCH3 is 1. The monoisotopic (exact) mass is 468 g/mol. The van der Waals surface area contributed by atoms with Gasteiger partial charge in [0.1, 0.15) is 5.75 Å². The van der Waals surface area contributed by atoms with Crippen LogP contribution in [0.15, 0.2) is 48.5 Å². The summed E-state index contributed by atoms with van der Waals surface area (Å²) in [5.41, 5.74) is 7.60. The summed E-state index contributed by atoms with van der Waals surface area (Å²) < 4.78 is 5.27. The van der Waals surface area contributed by atoms with Gasteiger partial charge in [-0.2, -0.15) is 0 Å². The van der Waals surface area contributed by atoms with E-state index in [1.165, 1.54) is 0 Å². The van der Waals surface area contributed by atoms with Crippen molar-refractivity contribution >= 4 is 48.0 Å². The number of piperidine rings is 1. The molecule has 1 fully saturated rings. The minimum absolute atomic E-state index is 0. The first kappa shape index (κ1) is 26.6. The smallest absolute Gasteiger partial charge is 0.255 e. The predicted octanol–water partition coefficient (Wildman–Crippen LogP) is 3.21. The Balaban J connectivity index is 0.00000240. The van der Waals surface area contributed by atoms with Crippen molar-refractivity contribution in [3.8, 4) is 5.75 Å². The lowest BCUT2D eigenvalue weighted by Crippen LogP contribution is -2.46. The molecule has 0 aromatic heterocycles. The van der Waals surface area contributed by atoms with Crippen molar-refractivity contribution in [1.82, 2.24) is 10.2 Å². The van der Waals surface area contributed by atoms with Gasteiger partial charge in [0.05, 0.1) is 24.3 Å². The average Bonchev–Trinajstić information content (AvgIpc) is 2.77. The zero-order valence-corrected chi connectivity index (χ0v) is 19.1. The highest BCUT2D eigenvalue weighted by Gasteiger charge is 2.29. The number of amides is 2.